The maximum atomic E-state index is 13.3. The number of hydrogen-bond donors (Lipinski definition) is 1. The summed E-state index contributed by atoms with van der Waals surface area (Å²) in [5.74, 6) is -3.27. The van der Waals surface area contributed by atoms with E-state index in [0.717, 1.165) is 43.9 Å². The van der Waals surface area contributed by atoms with E-state index in [1.807, 2.05) is 0 Å². The average Bonchev–Trinajstić information content (AvgIpc) is 3.11. The molecule has 1 saturated heterocycles. The number of benzene rings is 1. The number of nitrogens with one attached hydrogen (secondary N) is 1. The summed E-state index contributed by atoms with van der Waals surface area (Å²) in [4.78, 5) is 90.3. The number of halogens is 1. The molecule has 1 N–H and O–H groups in total. The van der Waals surface area contributed by atoms with Gasteiger partial charge in [-0.15, -0.1) is 6.42 Å². The summed E-state index contributed by atoms with van der Waals surface area (Å²) in [5.41, 5.74) is 0.124. The first-order valence-electron chi connectivity index (χ1n) is 16.5. The quantitative estimate of drug-likeness (QED) is 0.0497. The molecule has 3 unspecified atom stereocenters. The third-order valence-electron chi connectivity index (χ3n) is 7.34. The number of alkyl halides is 1. The zero-order valence-electron chi connectivity index (χ0n) is 31.5. The van der Waals surface area contributed by atoms with Crippen LogP contribution < -0.4 is 10.1 Å². The van der Waals surface area contributed by atoms with Gasteiger partial charge in [-0.2, -0.15) is 0 Å². The van der Waals surface area contributed by atoms with Crippen molar-refractivity contribution in [2.24, 2.45) is 0 Å². The second-order valence-corrected chi connectivity index (χ2v) is 14.8. The lowest BCUT2D eigenvalue weighted by Gasteiger charge is -2.43. The zero-order chi connectivity index (χ0) is 42.2. The van der Waals surface area contributed by atoms with Crippen LogP contribution in [0.1, 0.15) is 32.8 Å². The number of rotatable bonds is 19. The first kappa shape index (κ1) is 47.2. The number of amides is 3. The molecule has 1 aromatic carbocycles. The minimum absolute atomic E-state index is 0.00384. The Labute approximate surface area is 331 Å². The number of sulfone groups is 1. The summed E-state index contributed by atoms with van der Waals surface area (Å²) in [7, 11) is -1.01. The summed E-state index contributed by atoms with van der Waals surface area (Å²) < 4.78 is 66.5. The molecule has 310 valence electrons. The Morgan fingerprint density at radius 1 is 0.982 bits per heavy atom. The standard InChI is InChI=1S/C34H44BrN3O17S/c1-8-13-49-14-11-27(43)37(5)17-26(42)36-24-16-23(18-50-34(45)38(19-35)12-15-56(7,46)47)9-10-25(24)54-33-31(53-22(4)41)29(52-21(3)40)28(51-20(2)39)30(55-33)32(44)48-6/h1,9-10,16,28-31,33H,11-15,17-19H2,2-7H3,(H,36,42)/t28-,29?,30?,31?,33-/m0/s1. The van der Waals surface area contributed by atoms with Gasteiger partial charge in [0.15, 0.2) is 18.3 Å². The molecular weight excluding hydrogens is 834 g/mol. The molecule has 3 amide bonds. The lowest BCUT2D eigenvalue weighted by molar-refractivity contribution is -0.282. The van der Waals surface area contributed by atoms with E-state index in [4.69, 9.17) is 44.3 Å². The van der Waals surface area contributed by atoms with Crippen LogP contribution in [-0.4, -0.2) is 149 Å². The van der Waals surface area contributed by atoms with Gasteiger partial charge in [-0.1, -0.05) is 27.9 Å². The Balaban J connectivity index is 2.54. The van der Waals surface area contributed by atoms with E-state index in [9.17, 15) is 42.0 Å². The van der Waals surface area contributed by atoms with E-state index in [0.29, 0.717) is 0 Å². The fourth-order valence-electron chi connectivity index (χ4n) is 4.85. The van der Waals surface area contributed by atoms with Crippen LogP contribution >= 0.6 is 15.9 Å². The van der Waals surface area contributed by atoms with Gasteiger partial charge >= 0.3 is 30.0 Å². The molecule has 0 aromatic heterocycles. The van der Waals surface area contributed by atoms with E-state index in [-0.39, 0.29) is 61.0 Å². The minimum Gasteiger partial charge on any atom is -0.467 e. The van der Waals surface area contributed by atoms with Crippen LogP contribution in [0.2, 0.25) is 0 Å². The summed E-state index contributed by atoms with van der Waals surface area (Å²) in [5, 5.41) is 2.59. The Morgan fingerprint density at radius 2 is 1.61 bits per heavy atom. The van der Waals surface area contributed by atoms with Gasteiger partial charge in [0.1, 0.15) is 28.8 Å². The van der Waals surface area contributed by atoms with E-state index in [1.165, 1.54) is 25.2 Å². The number of carbonyl (C=O) groups excluding carboxylic acids is 7. The van der Waals surface area contributed by atoms with Gasteiger partial charge < -0.3 is 48.1 Å². The van der Waals surface area contributed by atoms with E-state index >= 15 is 0 Å². The van der Waals surface area contributed by atoms with E-state index in [1.54, 1.807) is 0 Å². The number of terminal acetylenes is 1. The van der Waals surface area contributed by atoms with Crippen molar-refractivity contribution in [3.8, 4) is 18.1 Å². The number of methoxy groups -OCH3 is 1. The number of ether oxygens (including phenoxy) is 8. The van der Waals surface area contributed by atoms with Crippen LogP contribution in [0.3, 0.4) is 0 Å². The Kier molecular flexibility index (Phi) is 19.0. The highest BCUT2D eigenvalue weighted by Gasteiger charge is 2.56. The van der Waals surface area contributed by atoms with Gasteiger partial charge in [-0.05, 0) is 17.7 Å². The van der Waals surface area contributed by atoms with Crippen LogP contribution in [0.5, 0.6) is 5.75 Å². The SMILES string of the molecule is C#CCOCCC(=O)N(C)CC(=O)Nc1cc(COC(=O)N(CBr)CCS(C)(=O)=O)ccc1O[C@H]1OC(C(=O)OC)[C@@H](OC(C)=O)C(OC(C)=O)C1OC(C)=O. The zero-order valence-corrected chi connectivity index (χ0v) is 33.9. The second kappa shape index (κ2) is 22.5. The first-order chi connectivity index (χ1) is 26.3. The number of esters is 4. The van der Waals surface area contributed by atoms with Crippen LogP contribution in [0.4, 0.5) is 10.5 Å². The van der Waals surface area contributed by atoms with Gasteiger partial charge in [0.05, 0.1) is 43.6 Å². The normalized spacial score (nSPS) is 18.9. The Morgan fingerprint density at radius 3 is 2.18 bits per heavy atom. The third kappa shape index (κ3) is 15.6. The highest BCUT2D eigenvalue weighted by molar-refractivity contribution is 9.09. The molecule has 1 aromatic rings. The largest absolute Gasteiger partial charge is 0.467 e. The summed E-state index contributed by atoms with van der Waals surface area (Å²) >= 11 is 3.13. The van der Waals surface area contributed by atoms with Crippen molar-refractivity contribution in [3.05, 3.63) is 23.8 Å². The Bertz CT molecular complexity index is 1750. The van der Waals surface area contributed by atoms with Gasteiger partial charge in [0, 0.05) is 40.6 Å². The molecule has 5 atom stereocenters. The maximum absolute atomic E-state index is 13.3. The van der Waals surface area contributed by atoms with E-state index < -0.39 is 88.9 Å². The molecule has 1 heterocycles. The maximum Gasteiger partial charge on any atom is 0.410 e. The highest BCUT2D eigenvalue weighted by atomic mass is 79.9. The molecule has 0 saturated carbocycles. The fourth-order valence-corrected chi connectivity index (χ4v) is 5.86. The molecule has 0 spiro atoms. The van der Waals surface area contributed by atoms with Crippen molar-refractivity contribution in [2.75, 3.05) is 63.2 Å². The highest BCUT2D eigenvalue weighted by Crippen LogP contribution is 2.34. The van der Waals surface area contributed by atoms with Crippen LogP contribution in [-0.2, 0) is 78.4 Å². The van der Waals surface area contributed by atoms with Gasteiger partial charge in [-0.3, -0.25) is 28.9 Å². The molecule has 1 aliphatic rings. The molecular formula is C34H44BrN3O17S. The number of hydrogen-bond acceptors (Lipinski definition) is 17. The predicted molar refractivity (Wildman–Crippen MR) is 195 cm³/mol. The van der Waals surface area contributed by atoms with Crippen molar-refractivity contribution in [2.45, 2.75) is 64.5 Å². The van der Waals surface area contributed by atoms with Crippen LogP contribution in [0, 0.1) is 12.3 Å². The molecule has 2 rings (SSSR count). The van der Waals surface area contributed by atoms with Crippen molar-refractivity contribution in [3.63, 3.8) is 0 Å². The molecule has 22 heteroatoms. The molecule has 56 heavy (non-hydrogen) atoms. The number of carbonyl (C=O) groups is 7. The summed E-state index contributed by atoms with van der Waals surface area (Å²) in [6.45, 7) is 2.04. The smallest absolute Gasteiger partial charge is 0.410 e. The molecule has 0 radical (unpaired) electrons. The minimum atomic E-state index is -3.40. The lowest BCUT2D eigenvalue weighted by Crippen LogP contribution is -2.64. The van der Waals surface area contributed by atoms with Crippen molar-refractivity contribution < 1.29 is 79.9 Å². The second-order valence-electron chi connectivity index (χ2n) is 12.0. The fraction of sp³-hybridized carbons (Fsp3) is 0.559. The van der Waals surface area contributed by atoms with Gasteiger partial charge in [0.25, 0.3) is 0 Å². The summed E-state index contributed by atoms with van der Waals surface area (Å²) in [6, 6.07) is 4.03. The first-order valence-corrected chi connectivity index (χ1v) is 19.7. The van der Waals surface area contributed by atoms with Crippen molar-refractivity contribution in [1.82, 2.24) is 9.80 Å². The number of anilines is 1. The van der Waals surface area contributed by atoms with Gasteiger partial charge in [0.2, 0.25) is 24.2 Å². The van der Waals surface area contributed by atoms with Crippen LogP contribution in [0.15, 0.2) is 18.2 Å². The average molecular weight is 879 g/mol. The number of likely N-dealkylation sites (N-methyl/N-ethyl adjacent to an activating group) is 1. The molecule has 20 nitrogen and oxygen atoms in total. The van der Waals surface area contributed by atoms with Crippen LogP contribution in [0.25, 0.3) is 0 Å². The monoisotopic (exact) mass is 877 g/mol. The molecule has 0 bridgehead atoms. The third-order valence-corrected chi connectivity index (χ3v) is 8.87. The summed E-state index contributed by atoms with van der Waals surface area (Å²) in [6.07, 6.45) is -3.41. The van der Waals surface area contributed by atoms with E-state index in [2.05, 4.69) is 27.2 Å². The topological polar surface area (TPSA) is 246 Å². The Hall–Kier alpha value is -4.98. The van der Waals surface area contributed by atoms with Crippen molar-refractivity contribution >= 4 is 73.2 Å². The molecule has 1 aliphatic heterocycles. The molecule has 0 aliphatic carbocycles. The number of nitrogens with zero attached hydrogens (tertiary/aromatic N) is 2. The lowest BCUT2D eigenvalue weighted by atomic mass is 9.97. The predicted octanol–water partition coefficient (Wildman–Crippen LogP) is 0.531. The van der Waals surface area contributed by atoms with Gasteiger partial charge in [-0.25, -0.2) is 18.0 Å². The molecule has 1 fully saturated rings. The van der Waals surface area contributed by atoms with Crippen molar-refractivity contribution in [1.29, 1.82) is 0 Å².